The average molecular weight is 371 g/mol. The summed E-state index contributed by atoms with van der Waals surface area (Å²) < 4.78 is 41.5. The molecule has 0 N–H and O–H groups in total. The molecule has 0 saturated carbocycles. The zero-order valence-electron chi connectivity index (χ0n) is 14.8. The molecule has 1 aliphatic rings. The SMILES string of the molecule is Fc1ccc(CN2CCCN(c3ccnc4c(F)ccc(F)c34)CC2)cc1. The monoisotopic (exact) mass is 371 g/mol. The van der Waals surface area contributed by atoms with Gasteiger partial charge in [0.15, 0.2) is 0 Å². The Morgan fingerprint density at radius 2 is 1.59 bits per heavy atom. The van der Waals surface area contributed by atoms with Crippen LogP contribution in [-0.2, 0) is 6.54 Å². The summed E-state index contributed by atoms with van der Waals surface area (Å²) in [5, 5.41) is 0.240. The Kier molecular flexibility index (Phi) is 4.99. The molecular weight excluding hydrogens is 351 g/mol. The molecule has 1 aliphatic heterocycles. The van der Waals surface area contributed by atoms with Gasteiger partial charge in [-0.1, -0.05) is 12.1 Å². The number of fused-ring (bicyclic) bond motifs is 1. The van der Waals surface area contributed by atoms with Gasteiger partial charge in [0, 0.05) is 38.9 Å². The molecule has 2 heterocycles. The Balaban J connectivity index is 1.54. The number of anilines is 1. The molecule has 0 atom stereocenters. The highest BCUT2D eigenvalue weighted by Crippen LogP contribution is 2.30. The molecule has 1 fully saturated rings. The molecule has 4 rings (SSSR count). The molecular formula is C21H20F3N3. The van der Waals surface area contributed by atoms with Crippen LogP contribution >= 0.6 is 0 Å². The first-order valence-electron chi connectivity index (χ1n) is 9.06. The highest BCUT2D eigenvalue weighted by molar-refractivity contribution is 5.92. The lowest BCUT2D eigenvalue weighted by Gasteiger charge is -2.25. The minimum Gasteiger partial charge on any atom is -0.370 e. The van der Waals surface area contributed by atoms with Crippen molar-refractivity contribution in [3.05, 3.63) is 71.7 Å². The normalized spacial score (nSPS) is 15.9. The maximum absolute atomic E-state index is 14.4. The van der Waals surface area contributed by atoms with Crippen molar-refractivity contribution in [2.24, 2.45) is 0 Å². The molecule has 6 heteroatoms. The fourth-order valence-electron chi connectivity index (χ4n) is 3.66. The van der Waals surface area contributed by atoms with Gasteiger partial charge in [0.25, 0.3) is 0 Å². The lowest BCUT2D eigenvalue weighted by molar-refractivity contribution is 0.285. The summed E-state index contributed by atoms with van der Waals surface area (Å²) in [5.74, 6) is -1.21. The highest BCUT2D eigenvalue weighted by atomic mass is 19.1. The standard InChI is InChI=1S/C21H20F3N3/c22-16-4-2-15(3-5-16)14-26-10-1-11-27(13-12-26)19-8-9-25-21-18(24)7-6-17(23)20(19)21/h2-9H,1,10-14H2. The molecule has 27 heavy (non-hydrogen) atoms. The van der Waals surface area contributed by atoms with Gasteiger partial charge < -0.3 is 4.90 Å². The number of pyridine rings is 1. The van der Waals surface area contributed by atoms with Gasteiger partial charge >= 0.3 is 0 Å². The Bertz CT molecular complexity index is 943. The third-order valence-corrected chi connectivity index (χ3v) is 5.02. The molecule has 140 valence electrons. The van der Waals surface area contributed by atoms with Gasteiger partial charge in [0.2, 0.25) is 0 Å². The quantitative estimate of drug-likeness (QED) is 0.682. The van der Waals surface area contributed by atoms with Gasteiger partial charge in [-0.2, -0.15) is 0 Å². The Morgan fingerprint density at radius 1 is 0.815 bits per heavy atom. The molecule has 1 aromatic heterocycles. The minimum atomic E-state index is -0.513. The second-order valence-electron chi connectivity index (χ2n) is 6.83. The van der Waals surface area contributed by atoms with Crippen molar-refractivity contribution < 1.29 is 13.2 Å². The third-order valence-electron chi connectivity index (χ3n) is 5.02. The Hall–Kier alpha value is -2.60. The Morgan fingerprint density at radius 3 is 2.41 bits per heavy atom. The first kappa shape index (κ1) is 17.8. The van der Waals surface area contributed by atoms with Gasteiger partial charge in [-0.15, -0.1) is 0 Å². The van der Waals surface area contributed by atoms with Crippen LogP contribution in [0.2, 0.25) is 0 Å². The van der Waals surface area contributed by atoms with E-state index < -0.39 is 11.6 Å². The van der Waals surface area contributed by atoms with Gasteiger partial charge in [-0.3, -0.25) is 9.88 Å². The minimum absolute atomic E-state index is 0.0694. The van der Waals surface area contributed by atoms with Crippen molar-refractivity contribution in [2.75, 3.05) is 31.1 Å². The topological polar surface area (TPSA) is 19.4 Å². The first-order valence-corrected chi connectivity index (χ1v) is 9.06. The number of nitrogens with zero attached hydrogens (tertiary/aromatic N) is 3. The van der Waals surface area contributed by atoms with Crippen molar-refractivity contribution in [3.63, 3.8) is 0 Å². The van der Waals surface area contributed by atoms with E-state index in [1.165, 1.54) is 18.3 Å². The number of benzene rings is 2. The van der Waals surface area contributed by atoms with Crippen LogP contribution in [0.4, 0.5) is 18.9 Å². The fraction of sp³-hybridized carbons (Fsp3) is 0.286. The summed E-state index contributed by atoms with van der Waals surface area (Å²) in [7, 11) is 0. The summed E-state index contributed by atoms with van der Waals surface area (Å²) in [5.41, 5.74) is 1.81. The van der Waals surface area contributed by atoms with Crippen LogP contribution in [-0.4, -0.2) is 36.1 Å². The third kappa shape index (κ3) is 3.76. The first-order chi connectivity index (χ1) is 13.1. The number of hydrogen-bond acceptors (Lipinski definition) is 3. The predicted molar refractivity (Wildman–Crippen MR) is 100 cm³/mol. The van der Waals surface area contributed by atoms with E-state index in [1.807, 2.05) is 0 Å². The fourth-order valence-corrected chi connectivity index (χ4v) is 3.66. The predicted octanol–water partition coefficient (Wildman–Crippen LogP) is 4.36. The van der Waals surface area contributed by atoms with Crippen molar-refractivity contribution in [2.45, 2.75) is 13.0 Å². The van der Waals surface area contributed by atoms with Gasteiger partial charge in [-0.05, 0) is 42.3 Å². The van der Waals surface area contributed by atoms with Crippen molar-refractivity contribution >= 4 is 16.6 Å². The van der Waals surface area contributed by atoms with E-state index in [9.17, 15) is 13.2 Å². The number of hydrogen-bond donors (Lipinski definition) is 0. The summed E-state index contributed by atoms with van der Waals surface area (Å²) in [6.45, 7) is 3.89. The van der Waals surface area contributed by atoms with E-state index in [4.69, 9.17) is 0 Å². The molecule has 0 aliphatic carbocycles. The number of halogens is 3. The van der Waals surface area contributed by atoms with Crippen molar-refractivity contribution in [3.8, 4) is 0 Å². The molecule has 0 spiro atoms. The maximum atomic E-state index is 14.4. The molecule has 0 bridgehead atoms. The Labute approximate surface area is 156 Å². The molecule has 0 amide bonds. The maximum Gasteiger partial charge on any atom is 0.149 e. The summed E-state index contributed by atoms with van der Waals surface area (Å²) in [4.78, 5) is 8.41. The molecule has 3 nitrogen and oxygen atoms in total. The molecule has 0 radical (unpaired) electrons. The van der Waals surface area contributed by atoms with E-state index in [1.54, 1.807) is 18.2 Å². The second kappa shape index (κ2) is 7.56. The van der Waals surface area contributed by atoms with E-state index in [2.05, 4.69) is 14.8 Å². The van der Waals surface area contributed by atoms with Crippen LogP contribution in [0.1, 0.15) is 12.0 Å². The van der Waals surface area contributed by atoms with Crippen molar-refractivity contribution in [1.29, 1.82) is 0 Å². The van der Waals surface area contributed by atoms with Crippen LogP contribution in [0.15, 0.2) is 48.7 Å². The van der Waals surface area contributed by atoms with Gasteiger partial charge in [-0.25, -0.2) is 13.2 Å². The second-order valence-corrected chi connectivity index (χ2v) is 6.83. The van der Waals surface area contributed by atoms with E-state index >= 15 is 0 Å². The molecule has 0 unspecified atom stereocenters. The van der Waals surface area contributed by atoms with Crippen molar-refractivity contribution in [1.82, 2.24) is 9.88 Å². The summed E-state index contributed by atoms with van der Waals surface area (Å²) >= 11 is 0. The summed E-state index contributed by atoms with van der Waals surface area (Å²) in [6, 6.07) is 10.6. The molecule has 2 aromatic carbocycles. The van der Waals surface area contributed by atoms with Crippen LogP contribution in [0.5, 0.6) is 0 Å². The number of aromatic nitrogens is 1. The zero-order chi connectivity index (χ0) is 18.8. The number of rotatable bonds is 3. The smallest absolute Gasteiger partial charge is 0.149 e. The van der Waals surface area contributed by atoms with E-state index in [0.717, 1.165) is 50.3 Å². The van der Waals surface area contributed by atoms with Crippen LogP contribution in [0.3, 0.4) is 0 Å². The molecule has 3 aromatic rings. The molecule has 1 saturated heterocycles. The largest absolute Gasteiger partial charge is 0.370 e. The van der Waals surface area contributed by atoms with Crippen LogP contribution in [0.25, 0.3) is 10.9 Å². The van der Waals surface area contributed by atoms with Gasteiger partial charge in [0.1, 0.15) is 23.0 Å². The van der Waals surface area contributed by atoms with Crippen LogP contribution < -0.4 is 4.90 Å². The lowest BCUT2D eigenvalue weighted by Crippen LogP contribution is -2.30. The van der Waals surface area contributed by atoms with Gasteiger partial charge in [0.05, 0.1) is 11.1 Å². The van der Waals surface area contributed by atoms with E-state index in [0.29, 0.717) is 12.2 Å². The lowest BCUT2D eigenvalue weighted by atomic mass is 10.1. The van der Waals surface area contributed by atoms with E-state index in [-0.39, 0.29) is 16.7 Å². The van der Waals surface area contributed by atoms with Crippen LogP contribution in [0, 0.1) is 17.5 Å². The zero-order valence-corrected chi connectivity index (χ0v) is 14.8. The summed E-state index contributed by atoms with van der Waals surface area (Å²) in [6.07, 6.45) is 2.43. The highest BCUT2D eigenvalue weighted by Gasteiger charge is 2.20. The average Bonchev–Trinajstić information content (AvgIpc) is 2.92.